The molecule has 0 aromatic rings. The van der Waals surface area contributed by atoms with Crippen LogP contribution in [0.2, 0.25) is 0 Å². The van der Waals surface area contributed by atoms with E-state index in [9.17, 15) is 0 Å². The monoisotopic (exact) mass is 479 g/mol. The average molecular weight is 480 g/mol. The number of fused-ring (bicyclic) bond motifs is 2. The standard InChI is InChI=1S/C14H22N2O.C9H17NO.3C2H6/c1-15-7-5-13(3-4-13)11-12(15)16(2)8-6-14(11)9-17-10-14;1-10-4-2-8(3-5-10)9-6-11-7-9;3*1-2/h3-10H2,1-2H3;8-9H,2-7H2,1H3;3*1-2H3. The van der Waals surface area contributed by atoms with Crippen LogP contribution in [0.4, 0.5) is 0 Å². The molecular weight excluding hydrogens is 422 g/mol. The van der Waals surface area contributed by atoms with Gasteiger partial charge in [-0.05, 0) is 75.6 Å². The summed E-state index contributed by atoms with van der Waals surface area (Å²) < 4.78 is 10.8. The van der Waals surface area contributed by atoms with Crippen LogP contribution in [0.25, 0.3) is 0 Å². The van der Waals surface area contributed by atoms with Crippen molar-refractivity contribution in [2.24, 2.45) is 22.7 Å². The van der Waals surface area contributed by atoms with Crippen molar-refractivity contribution in [3.8, 4) is 0 Å². The van der Waals surface area contributed by atoms with E-state index in [2.05, 4.69) is 35.8 Å². The summed E-state index contributed by atoms with van der Waals surface area (Å²) in [5.41, 5.74) is 2.78. The molecule has 0 amide bonds. The van der Waals surface area contributed by atoms with Crippen molar-refractivity contribution in [3.63, 3.8) is 0 Å². The fourth-order valence-corrected chi connectivity index (χ4v) is 6.25. The lowest BCUT2D eigenvalue weighted by atomic mass is 9.65. The third-order valence-electron chi connectivity index (χ3n) is 8.56. The first kappa shape index (κ1) is 29.5. The van der Waals surface area contributed by atoms with E-state index in [0.717, 1.165) is 38.3 Å². The fraction of sp³-hybridized carbons (Fsp3) is 0.931. The number of nitrogens with zero attached hydrogens (tertiary/aromatic N) is 3. The molecule has 5 heteroatoms. The zero-order valence-corrected chi connectivity index (χ0v) is 24.2. The quantitative estimate of drug-likeness (QED) is 0.480. The number of ether oxygens (including phenoxy) is 2. The predicted molar refractivity (Wildman–Crippen MR) is 145 cm³/mol. The van der Waals surface area contributed by atoms with Gasteiger partial charge in [0.1, 0.15) is 5.82 Å². The summed E-state index contributed by atoms with van der Waals surface area (Å²) in [5, 5.41) is 0. The summed E-state index contributed by atoms with van der Waals surface area (Å²) in [4.78, 5) is 7.40. The summed E-state index contributed by atoms with van der Waals surface area (Å²) in [5.74, 6) is 3.42. The van der Waals surface area contributed by atoms with Crippen molar-refractivity contribution in [2.45, 2.75) is 80.1 Å². The van der Waals surface area contributed by atoms with Gasteiger partial charge in [0.15, 0.2) is 0 Å². The Kier molecular flexibility index (Phi) is 11.7. The molecule has 0 N–H and O–H groups in total. The summed E-state index contributed by atoms with van der Waals surface area (Å²) in [6, 6.07) is 0. The van der Waals surface area contributed by atoms with E-state index < -0.39 is 0 Å². The number of likely N-dealkylation sites (tertiary alicyclic amines) is 1. The van der Waals surface area contributed by atoms with Gasteiger partial charge in [0, 0.05) is 38.5 Å². The normalized spacial score (nSPS) is 26.7. The van der Waals surface area contributed by atoms with Crippen LogP contribution in [0.1, 0.15) is 80.1 Å². The van der Waals surface area contributed by atoms with Gasteiger partial charge in [0.05, 0.1) is 26.4 Å². The molecule has 5 heterocycles. The lowest BCUT2D eigenvalue weighted by molar-refractivity contribution is -0.114. The first-order valence-corrected chi connectivity index (χ1v) is 14.5. The Morgan fingerprint density at radius 2 is 1.12 bits per heavy atom. The molecule has 5 aliphatic heterocycles. The first-order valence-electron chi connectivity index (χ1n) is 14.5. The number of rotatable bonds is 1. The second kappa shape index (κ2) is 13.5. The predicted octanol–water partition coefficient (Wildman–Crippen LogP) is 5.72. The van der Waals surface area contributed by atoms with Crippen LogP contribution in [0.5, 0.6) is 0 Å². The molecule has 0 unspecified atom stereocenters. The van der Waals surface area contributed by atoms with Gasteiger partial charge in [-0.25, -0.2) is 0 Å². The van der Waals surface area contributed by atoms with Gasteiger partial charge >= 0.3 is 0 Å². The molecule has 1 saturated carbocycles. The highest BCUT2D eigenvalue weighted by atomic mass is 16.5. The highest BCUT2D eigenvalue weighted by Gasteiger charge is 2.60. The van der Waals surface area contributed by atoms with Gasteiger partial charge in [0.25, 0.3) is 0 Å². The van der Waals surface area contributed by atoms with Crippen molar-refractivity contribution in [1.29, 1.82) is 0 Å². The first-order chi connectivity index (χ1) is 16.5. The molecule has 0 atom stereocenters. The maximum atomic E-state index is 5.58. The molecule has 0 aromatic heterocycles. The van der Waals surface area contributed by atoms with Gasteiger partial charge in [-0.15, -0.1) is 0 Å². The van der Waals surface area contributed by atoms with E-state index in [1.807, 2.05) is 41.5 Å². The Morgan fingerprint density at radius 1 is 0.618 bits per heavy atom. The number of piperidine rings is 1. The van der Waals surface area contributed by atoms with Crippen LogP contribution in [0.15, 0.2) is 11.4 Å². The van der Waals surface area contributed by atoms with Gasteiger partial charge in [-0.1, -0.05) is 41.5 Å². The zero-order chi connectivity index (χ0) is 25.4. The van der Waals surface area contributed by atoms with E-state index in [1.165, 1.54) is 64.7 Å². The lowest BCUT2D eigenvalue weighted by Crippen LogP contribution is -2.56. The SMILES string of the molecule is CC.CC.CC.CN1CCC(C2COC2)CC1.CN1CCC2(CC2)C2=C1N(C)CCC21COC1. The van der Waals surface area contributed by atoms with Crippen LogP contribution in [-0.2, 0) is 9.47 Å². The van der Waals surface area contributed by atoms with Crippen molar-refractivity contribution < 1.29 is 9.47 Å². The number of hydrogen-bond acceptors (Lipinski definition) is 5. The molecule has 3 saturated heterocycles. The molecule has 6 rings (SSSR count). The van der Waals surface area contributed by atoms with Gasteiger partial charge in [-0.3, -0.25) is 0 Å². The Hall–Kier alpha value is -0.780. The average Bonchev–Trinajstić information content (AvgIpc) is 3.61. The third kappa shape index (κ3) is 6.13. The highest BCUT2D eigenvalue weighted by Crippen LogP contribution is 2.65. The van der Waals surface area contributed by atoms with Crippen molar-refractivity contribution >= 4 is 0 Å². The van der Waals surface area contributed by atoms with E-state index in [0.29, 0.717) is 10.8 Å². The Labute approximate surface area is 212 Å². The minimum Gasteiger partial charge on any atom is -0.381 e. The smallest absolute Gasteiger partial charge is 0.104 e. The largest absolute Gasteiger partial charge is 0.381 e. The van der Waals surface area contributed by atoms with Crippen LogP contribution in [0, 0.1) is 22.7 Å². The third-order valence-corrected chi connectivity index (χ3v) is 8.56. The lowest BCUT2D eigenvalue weighted by Gasteiger charge is -2.55. The van der Waals surface area contributed by atoms with E-state index in [-0.39, 0.29) is 0 Å². The molecule has 4 fully saturated rings. The van der Waals surface area contributed by atoms with Gasteiger partial charge < -0.3 is 24.2 Å². The summed E-state index contributed by atoms with van der Waals surface area (Å²) in [6.45, 7) is 21.1. The second-order valence-electron chi connectivity index (χ2n) is 10.5. The highest BCUT2D eigenvalue weighted by molar-refractivity contribution is 5.38. The summed E-state index contributed by atoms with van der Waals surface area (Å²) in [7, 11) is 6.74. The Balaban J connectivity index is 0.000000209. The van der Waals surface area contributed by atoms with Gasteiger partial charge in [0.2, 0.25) is 0 Å². The molecular formula is C29H57N3O2. The van der Waals surface area contributed by atoms with E-state index >= 15 is 0 Å². The molecule has 0 radical (unpaired) electrons. The van der Waals surface area contributed by atoms with E-state index in [1.54, 1.807) is 11.4 Å². The van der Waals surface area contributed by atoms with Crippen molar-refractivity contribution in [1.82, 2.24) is 14.7 Å². The van der Waals surface area contributed by atoms with E-state index in [4.69, 9.17) is 9.47 Å². The summed E-state index contributed by atoms with van der Waals surface area (Å²) >= 11 is 0. The maximum Gasteiger partial charge on any atom is 0.104 e. The molecule has 34 heavy (non-hydrogen) atoms. The Morgan fingerprint density at radius 3 is 1.50 bits per heavy atom. The molecule has 6 aliphatic rings. The number of hydrogen-bond donors (Lipinski definition) is 0. The fourth-order valence-electron chi connectivity index (χ4n) is 6.25. The van der Waals surface area contributed by atoms with Crippen molar-refractivity contribution in [3.05, 3.63) is 11.4 Å². The van der Waals surface area contributed by atoms with Crippen LogP contribution >= 0.6 is 0 Å². The Bertz CT molecular complexity index is 609. The van der Waals surface area contributed by atoms with Crippen molar-refractivity contribution in [2.75, 3.05) is 73.7 Å². The molecule has 200 valence electrons. The molecule has 0 aromatic carbocycles. The maximum absolute atomic E-state index is 5.58. The van der Waals surface area contributed by atoms with Crippen LogP contribution in [-0.4, -0.2) is 88.4 Å². The molecule has 0 bridgehead atoms. The van der Waals surface area contributed by atoms with Crippen LogP contribution < -0.4 is 0 Å². The topological polar surface area (TPSA) is 28.2 Å². The molecule has 2 spiro atoms. The zero-order valence-electron chi connectivity index (χ0n) is 24.2. The minimum atomic E-state index is 0.424. The summed E-state index contributed by atoms with van der Waals surface area (Å²) in [6.07, 6.45) is 8.31. The second-order valence-corrected chi connectivity index (χ2v) is 10.5. The molecule has 5 nitrogen and oxygen atoms in total. The van der Waals surface area contributed by atoms with Gasteiger partial charge in [-0.2, -0.15) is 0 Å². The van der Waals surface area contributed by atoms with Crippen LogP contribution in [0.3, 0.4) is 0 Å². The minimum absolute atomic E-state index is 0.424. The molecule has 1 aliphatic carbocycles.